The lowest BCUT2D eigenvalue weighted by molar-refractivity contribution is -0.384. The van der Waals surface area contributed by atoms with E-state index in [4.69, 9.17) is 9.47 Å². The Morgan fingerprint density at radius 1 is 1.00 bits per heavy atom. The maximum atomic E-state index is 12.9. The highest BCUT2D eigenvalue weighted by molar-refractivity contribution is 6.22. The Bertz CT molecular complexity index is 1090. The lowest BCUT2D eigenvalue weighted by Crippen LogP contribution is -2.31. The van der Waals surface area contributed by atoms with Gasteiger partial charge in [-0.25, -0.2) is 4.90 Å². The number of likely N-dealkylation sites (N-methyl/N-ethyl adjacent to an activating group) is 1. The number of carbonyl (C=O) groups excluding carboxylic acids is 2. The number of fused-ring (bicyclic) bond motifs is 1. The molecule has 0 spiro atoms. The van der Waals surface area contributed by atoms with Gasteiger partial charge in [0.05, 0.1) is 36.7 Å². The molecular formula is C25H29N3O6. The van der Waals surface area contributed by atoms with E-state index in [0.717, 1.165) is 23.3 Å². The first kappa shape index (κ1) is 23.5. The summed E-state index contributed by atoms with van der Waals surface area (Å²) in [7, 11) is 4.93. The van der Waals surface area contributed by atoms with Gasteiger partial charge in [0.25, 0.3) is 5.69 Å². The van der Waals surface area contributed by atoms with Crippen molar-refractivity contribution in [2.45, 2.75) is 32.1 Å². The van der Waals surface area contributed by atoms with Crippen LogP contribution in [0, 0.1) is 22.0 Å². The Morgan fingerprint density at radius 3 is 2.24 bits per heavy atom. The van der Waals surface area contributed by atoms with Crippen molar-refractivity contribution in [2.24, 2.45) is 11.8 Å². The van der Waals surface area contributed by atoms with Gasteiger partial charge in [-0.1, -0.05) is 18.9 Å². The number of ether oxygens (including phenoxy) is 2. The number of hydrogen-bond acceptors (Lipinski definition) is 7. The highest BCUT2D eigenvalue weighted by Gasteiger charge is 2.49. The standard InChI is InChI=1S/C25H29N3O6/c1-26(13-12-16-8-11-22(33-2)23(14-16)34-3)20-10-9-17(15-21(20)28(31)32)27-24(29)18-6-4-5-7-19(18)25(27)30/h8-11,14-15,18-19H,4-7,12-13H2,1-3H3/t18-,19+. The van der Waals surface area contributed by atoms with Crippen molar-refractivity contribution in [3.8, 4) is 11.5 Å². The number of nitro benzene ring substituents is 1. The molecule has 34 heavy (non-hydrogen) atoms. The largest absolute Gasteiger partial charge is 0.493 e. The van der Waals surface area contributed by atoms with Gasteiger partial charge in [0.1, 0.15) is 5.69 Å². The first-order valence-corrected chi connectivity index (χ1v) is 11.4. The first-order valence-electron chi connectivity index (χ1n) is 11.4. The third-order valence-electron chi connectivity index (χ3n) is 6.85. The lowest BCUT2D eigenvalue weighted by atomic mass is 9.81. The molecule has 0 unspecified atom stereocenters. The van der Waals surface area contributed by atoms with Crippen molar-refractivity contribution in [3.05, 3.63) is 52.1 Å². The second kappa shape index (κ2) is 9.70. The van der Waals surface area contributed by atoms with Crippen LogP contribution in [0.5, 0.6) is 11.5 Å². The summed E-state index contributed by atoms with van der Waals surface area (Å²) in [6, 6.07) is 10.2. The molecule has 0 bridgehead atoms. The number of rotatable bonds is 8. The van der Waals surface area contributed by atoms with Crippen LogP contribution in [0.1, 0.15) is 31.2 Å². The summed E-state index contributed by atoms with van der Waals surface area (Å²) in [6.45, 7) is 0.515. The molecule has 1 heterocycles. The van der Waals surface area contributed by atoms with E-state index in [1.165, 1.54) is 6.07 Å². The number of amides is 2. The van der Waals surface area contributed by atoms with Crippen molar-refractivity contribution in [1.29, 1.82) is 0 Å². The Hall–Kier alpha value is -3.62. The minimum atomic E-state index is -0.468. The topological polar surface area (TPSA) is 102 Å². The van der Waals surface area contributed by atoms with Gasteiger partial charge in [-0.3, -0.25) is 19.7 Å². The number of anilines is 2. The summed E-state index contributed by atoms with van der Waals surface area (Å²) in [5.74, 6) is 0.181. The van der Waals surface area contributed by atoms with Gasteiger partial charge in [-0.15, -0.1) is 0 Å². The van der Waals surface area contributed by atoms with Crippen LogP contribution in [-0.2, 0) is 16.0 Å². The summed E-state index contributed by atoms with van der Waals surface area (Å²) in [4.78, 5) is 40.2. The van der Waals surface area contributed by atoms with Gasteiger partial charge in [0, 0.05) is 19.7 Å². The Morgan fingerprint density at radius 2 is 1.65 bits per heavy atom. The second-order valence-corrected chi connectivity index (χ2v) is 8.80. The van der Waals surface area contributed by atoms with Crippen molar-refractivity contribution in [3.63, 3.8) is 0 Å². The van der Waals surface area contributed by atoms with E-state index < -0.39 is 4.92 Å². The predicted octanol–water partition coefficient (Wildman–Crippen LogP) is 3.97. The van der Waals surface area contributed by atoms with E-state index in [9.17, 15) is 19.7 Å². The summed E-state index contributed by atoms with van der Waals surface area (Å²) in [5, 5.41) is 11.9. The zero-order chi connectivity index (χ0) is 24.4. The van der Waals surface area contributed by atoms with Crippen molar-refractivity contribution in [2.75, 3.05) is 37.6 Å². The minimum absolute atomic E-state index is 0.136. The van der Waals surface area contributed by atoms with E-state index in [2.05, 4.69) is 0 Å². The van der Waals surface area contributed by atoms with E-state index in [0.29, 0.717) is 43.0 Å². The zero-order valence-corrected chi connectivity index (χ0v) is 19.7. The average Bonchev–Trinajstić information content (AvgIpc) is 3.11. The summed E-state index contributed by atoms with van der Waals surface area (Å²) in [6.07, 6.45) is 3.88. The van der Waals surface area contributed by atoms with Crippen molar-refractivity contribution >= 4 is 28.9 Å². The molecule has 2 atom stereocenters. The molecule has 9 nitrogen and oxygen atoms in total. The fourth-order valence-corrected chi connectivity index (χ4v) is 4.99. The van der Waals surface area contributed by atoms with Gasteiger partial charge in [0.2, 0.25) is 11.8 Å². The molecule has 2 amide bonds. The first-order chi connectivity index (χ1) is 16.3. The maximum absolute atomic E-state index is 12.9. The van der Waals surface area contributed by atoms with Crippen LogP contribution in [0.25, 0.3) is 0 Å². The molecule has 1 aliphatic carbocycles. The van der Waals surface area contributed by atoms with E-state index in [1.54, 1.807) is 38.3 Å². The molecule has 0 radical (unpaired) electrons. The normalized spacial score (nSPS) is 19.7. The molecule has 2 aliphatic rings. The summed E-state index contributed by atoms with van der Waals surface area (Å²) in [5.41, 5.74) is 1.56. The van der Waals surface area contributed by atoms with Crippen LogP contribution < -0.4 is 19.3 Å². The van der Waals surface area contributed by atoms with Crippen LogP contribution in [0.15, 0.2) is 36.4 Å². The molecule has 1 saturated carbocycles. The molecule has 180 valence electrons. The van der Waals surface area contributed by atoms with Gasteiger partial charge in [-0.05, 0) is 49.1 Å². The molecule has 2 aromatic carbocycles. The quantitative estimate of drug-likeness (QED) is 0.329. The number of hydrogen-bond donors (Lipinski definition) is 0. The minimum Gasteiger partial charge on any atom is -0.493 e. The number of benzene rings is 2. The van der Waals surface area contributed by atoms with Crippen LogP contribution in [0.2, 0.25) is 0 Å². The molecule has 4 rings (SSSR count). The smallest absolute Gasteiger partial charge is 0.294 e. The average molecular weight is 468 g/mol. The third-order valence-corrected chi connectivity index (χ3v) is 6.85. The van der Waals surface area contributed by atoms with Crippen LogP contribution in [0.4, 0.5) is 17.1 Å². The summed E-state index contributed by atoms with van der Waals surface area (Å²) >= 11 is 0. The molecule has 2 aromatic rings. The van der Waals surface area contributed by atoms with E-state index in [-0.39, 0.29) is 35.0 Å². The lowest BCUT2D eigenvalue weighted by Gasteiger charge is -2.21. The molecule has 2 fully saturated rings. The van der Waals surface area contributed by atoms with Gasteiger partial charge < -0.3 is 14.4 Å². The number of carbonyl (C=O) groups is 2. The van der Waals surface area contributed by atoms with Crippen molar-refractivity contribution in [1.82, 2.24) is 0 Å². The maximum Gasteiger partial charge on any atom is 0.294 e. The molecule has 0 N–H and O–H groups in total. The Labute approximate surface area is 198 Å². The highest BCUT2D eigenvalue weighted by Crippen LogP contribution is 2.42. The highest BCUT2D eigenvalue weighted by atomic mass is 16.6. The Kier molecular flexibility index (Phi) is 6.72. The Balaban J connectivity index is 1.54. The van der Waals surface area contributed by atoms with Crippen LogP contribution >= 0.6 is 0 Å². The second-order valence-electron chi connectivity index (χ2n) is 8.80. The SMILES string of the molecule is COc1ccc(CCN(C)c2ccc(N3C(=O)[C@H]4CCCC[C@H]4C3=O)cc2[N+](=O)[O-])cc1OC. The zero-order valence-electron chi connectivity index (χ0n) is 19.7. The molecule has 0 aromatic heterocycles. The predicted molar refractivity (Wildman–Crippen MR) is 128 cm³/mol. The van der Waals surface area contributed by atoms with E-state index in [1.807, 2.05) is 18.2 Å². The fourth-order valence-electron chi connectivity index (χ4n) is 4.99. The van der Waals surface area contributed by atoms with Crippen molar-refractivity contribution < 1.29 is 24.0 Å². The summed E-state index contributed by atoms with van der Waals surface area (Å²) < 4.78 is 10.6. The van der Waals surface area contributed by atoms with E-state index >= 15 is 0 Å². The van der Waals surface area contributed by atoms with Gasteiger partial charge in [0.15, 0.2) is 11.5 Å². The number of imide groups is 1. The number of nitrogens with zero attached hydrogens (tertiary/aromatic N) is 3. The molecule has 9 heteroatoms. The molecule has 1 aliphatic heterocycles. The van der Waals surface area contributed by atoms with Gasteiger partial charge in [-0.2, -0.15) is 0 Å². The fraction of sp³-hybridized carbons (Fsp3) is 0.440. The van der Waals surface area contributed by atoms with Crippen LogP contribution in [-0.4, -0.2) is 44.5 Å². The van der Waals surface area contributed by atoms with Crippen LogP contribution in [0.3, 0.4) is 0 Å². The molecular weight excluding hydrogens is 438 g/mol. The van der Waals surface area contributed by atoms with Gasteiger partial charge >= 0.3 is 0 Å². The third kappa shape index (κ3) is 4.30. The number of methoxy groups -OCH3 is 2. The monoisotopic (exact) mass is 467 g/mol. The molecule has 1 saturated heterocycles. The number of nitro groups is 1.